The highest BCUT2D eigenvalue weighted by Crippen LogP contribution is 2.04. The van der Waals surface area contributed by atoms with Gasteiger partial charge in [0.15, 0.2) is 9.84 Å². The summed E-state index contributed by atoms with van der Waals surface area (Å²) < 4.78 is 22.5. The highest BCUT2D eigenvalue weighted by Gasteiger charge is 2.24. The zero-order valence-corrected chi connectivity index (χ0v) is 11.4. The summed E-state index contributed by atoms with van der Waals surface area (Å²) in [5, 5.41) is 0. The van der Waals surface area contributed by atoms with Crippen molar-refractivity contribution in [3.05, 3.63) is 25.3 Å². The first-order chi connectivity index (χ1) is 8.48. The lowest BCUT2D eigenvalue weighted by Crippen LogP contribution is -2.46. The van der Waals surface area contributed by atoms with Gasteiger partial charge in [0.1, 0.15) is 0 Å². The van der Waals surface area contributed by atoms with Crippen LogP contribution in [0.3, 0.4) is 0 Å². The molecule has 0 spiro atoms. The Bertz CT molecular complexity index is 393. The lowest BCUT2D eigenvalue weighted by Gasteiger charge is -2.28. The summed E-state index contributed by atoms with van der Waals surface area (Å²) >= 11 is 0. The molecule has 0 radical (unpaired) electrons. The third kappa shape index (κ3) is 4.62. The van der Waals surface area contributed by atoms with E-state index in [1.165, 1.54) is 0 Å². The molecule has 102 valence electrons. The molecule has 0 atom stereocenters. The van der Waals surface area contributed by atoms with E-state index in [4.69, 9.17) is 0 Å². The molecular weight excluding hydrogens is 252 g/mol. The van der Waals surface area contributed by atoms with E-state index in [1.807, 2.05) is 4.90 Å². The van der Waals surface area contributed by atoms with Crippen LogP contribution < -0.4 is 0 Å². The van der Waals surface area contributed by atoms with E-state index in [-0.39, 0.29) is 24.0 Å². The Kier molecular flexibility index (Phi) is 5.55. The maximum Gasteiger partial charge on any atom is 0.237 e. The molecule has 0 aliphatic carbocycles. The molecule has 1 fully saturated rings. The van der Waals surface area contributed by atoms with E-state index in [2.05, 4.69) is 13.2 Å². The second kappa shape index (κ2) is 6.70. The average molecular weight is 272 g/mol. The molecule has 0 saturated carbocycles. The van der Waals surface area contributed by atoms with Crippen molar-refractivity contribution in [3.63, 3.8) is 0 Å². The lowest BCUT2D eigenvalue weighted by molar-refractivity contribution is -0.131. The molecule has 1 saturated heterocycles. The third-order valence-corrected chi connectivity index (χ3v) is 4.46. The standard InChI is InChI=1S/C12H20N2O3S/c1-3-5-14(6-4-2)12(15)11-13-7-9-18(16,17)10-8-13/h3-4H,1-2,5-11H2. The first-order valence-electron chi connectivity index (χ1n) is 5.91. The van der Waals surface area contributed by atoms with Crippen molar-refractivity contribution in [2.45, 2.75) is 0 Å². The monoisotopic (exact) mass is 272 g/mol. The number of nitrogens with zero attached hydrogens (tertiary/aromatic N) is 2. The predicted molar refractivity (Wildman–Crippen MR) is 72.1 cm³/mol. The number of carbonyl (C=O) groups excluding carboxylic acids is 1. The third-order valence-electron chi connectivity index (χ3n) is 2.85. The fourth-order valence-electron chi connectivity index (χ4n) is 1.79. The number of hydrogen-bond donors (Lipinski definition) is 0. The molecule has 0 N–H and O–H groups in total. The summed E-state index contributed by atoms with van der Waals surface area (Å²) in [7, 11) is -2.89. The van der Waals surface area contributed by atoms with Gasteiger partial charge in [0.2, 0.25) is 5.91 Å². The van der Waals surface area contributed by atoms with Gasteiger partial charge in [0, 0.05) is 26.2 Å². The van der Waals surface area contributed by atoms with Crippen molar-refractivity contribution in [3.8, 4) is 0 Å². The van der Waals surface area contributed by atoms with Crippen molar-refractivity contribution in [2.75, 3.05) is 44.2 Å². The van der Waals surface area contributed by atoms with E-state index in [9.17, 15) is 13.2 Å². The van der Waals surface area contributed by atoms with Gasteiger partial charge >= 0.3 is 0 Å². The van der Waals surface area contributed by atoms with E-state index >= 15 is 0 Å². The zero-order chi connectivity index (χ0) is 13.6. The molecule has 0 unspecified atom stereocenters. The van der Waals surface area contributed by atoms with Crippen molar-refractivity contribution in [1.82, 2.24) is 9.80 Å². The molecule has 18 heavy (non-hydrogen) atoms. The maximum absolute atomic E-state index is 12.0. The zero-order valence-electron chi connectivity index (χ0n) is 10.5. The van der Waals surface area contributed by atoms with Crippen molar-refractivity contribution in [1.29, 1.82) is 0 Å². The first-order valence-corrected chi connectivity index (χ1v) is 7.73. The molecule has 0 aromatic carbocycles. The number of amides is 1. The van der Waals surface area contributed by atoms with E-state index in [0.29, 0.717) is 26.2 Å². The minimum Gasteiger partial charge on any atom is -0.334 e. The molecule has 1 heterocycles. The van der Waals surface area contributed by atoms with E-state index < -0.39 is 9.84 Å². The Balaban J connectivity index is 2.48. The van der Waals surface area contributed by atoms with Gasteiger partial charge in [0.25, 0.3) is 0 Å². The van der Waals surface area contributed by atoms with Crippen LogP contribution in [0.25, 0.3) is 0 Å². The van der Waals surface area contributed by atoms with Gasteiger partial charge in [-0.2, -0.15) is 0 Å². The van der Waals surface area contributed by atoms with Gasteiger partial charge in [0.05, 0.1) is 18.1 Å². The molecule has 1 aliphatic rings. The topological polar surface area (TPSA) is 57.7 Å². The largest absolute Gasteiger partial charge is 0.334 e. The summed E-state index contributed by atoms with van der Waals surface area (Å²) in [4.78, 5) is 15.5. The minimum absolute atomic E-state index is 0.0194. The summed E-state index contributed by atoms with van der Waals surface area (Å²) in [6, 6.07) is 0. The number of sulfone groups is 1. The van der Waals surface area contributed by atoms with Gasteiger partial charge in [-0.3, -0.25) is 9.69 Å². The van der Waals surface area contributed by atoms with Crippen LogP contribution in [0.1, 0.15) is 0 Å². The minimum atomic E-state index is -2.89. The fraction of sp³-hybridized carbons (Fsp3) is 0.583. The predicted octanol–water partition coefficient (Wildman–Crippen LogP) is -0.0826. The Morgan fingerprint density at radius 2 is 1.67 bits per heavy atom. The van der Waals surface area contributed by atoms with Crippen LogP contribution >= 0.6 is 0 Å². The molecule has 0 bridgehead atoms. The molecular formula is C12H20N2O3S. The average Bonchev–Trinajstić information content (AvgIpc) is 2.31. The second-order valence-corrected chi connectivity index (χ2v) is 6.61. The normalized spacial score (nSPS) is 19.1. The summed E-state index contributed by atoms with van der Waals surface area (Å²) in [5.41, 5.74) is 0. The van der Waals surface area contributed by atoms with Crippen molar-refractivity contribution >= 4 is 15.7 Å². The van der Waals surface area contributed by atoms with Gasteiger partial charge in [-0.05, 0) is 0 Å². The van der Waals surface area contributed by atoms with E-state index in [1.54, 1.807) is 17.1 Å². The van der Waals surface area contributed by atoms with Crippen LogP contribution in [0.5, 0.6) is 0 Å². The van der Waals surface area contributed by atoms with Crippen molar-refractivity contribution in [2.24, 2.45) is 0 Å². The van der Waals surface area contributed by atoms with Gasteiger partial charge in [-0.25, -0.2) is 8.42 Å². The summed E-state index contributed by atoms with van der Waals surface area (Å²) in [6.45, 7) is 9.32. The molecule has 5 nitrogen and oxygen atoms in total. The highest BCUT2D eigenvalue weighted by molar-refractivity contribution is 7.91. The Morgan fingerprint density at radius 3 is 2.11 bits per heavy atom. The number of hydrogen-bond acceptors (Lipinski definition) is 4. The SMILES string of the molecule is C=CCN(CC=C)C(=O)CN1CCS(=O)(=O)CC1. The van der Waals surface area contributed by atoms with E-state index in [0.717, 1.165) is 0 Å². The molecule has 1 rings (SSSR count). The molecule has 1 amide bonds. The fourth-order valence-corrected chi connectivity index (χ4v) is 3.07. The molecule has 6 heteroatoms. The molecule has 0 aromatic heterocycles. The molecule has 0 aromatic rings. The molecule has 1 aliphatic heterocycles. The van der Waals surface area contributed by atoms with Gasteiger partial charge in [-0.15, -0.1) is 13.2 Å². The second-order valence-electron chi connectivity index (χ2n) is 4.30. The Labute approximate surface area is 109 Å². The first kappa shape index (κ1) is 14.9. The Morgan fingerprint density at radius 1 is 1.17 bits per heavy atom. The van der Waals surface area contributed by atoms with Crippen LogP contribution in [-0.4, -0.2) is 68.4 Å². The van der Waals surface area contributed by atoms with Crippen LogP contribution in [0.2, 0.25) is 0 Å². The van der Waals surface area contributed by atoms with Crippen LogP contribution in [0.4, 0.5) is 0 Å². The van der Waals surface area contributed by atoms with Crippen LogP contribution in [-0.2, 0) is 14.6 Å². The Hall–Kier alpha value is -1.14. The van der Waals surface area contributed by atoms with Crippen LogP contribution in [0, 0.1) is 0 Å². The quantitative estimate of drug-likeness (QED) is 0.635. The van der Waals surface area contributed by atoms with Gasteiger partial charge < -0.3 is 4.90 Å². The number of rotatable bonds is 6. The smallest absolute Gasteiger partial charge is 0.237 e. The highest BCUT2D eigenvalue weighted by atomic mass is 32.2. The van der Waals surface area contributed by atoms with Gasteiger partial charge in [-0.1, -0.05) is 12.2 Å². The lowest BCUT2D eigenvalue weighted by atomic mass is 10.3. The van der Waals surface area contributed by atoms with Crippen molar-refractivity contribution < 1.29 is 13.2 Å². The summed E-state index contributed by atoms with van der Waals surface area (Å²) in [6.07, 6.45) is 3.34. The van der Waals surface area contributed by atoms with Crippen LogP contribution in [0.15, 0.2) is 25.3 Å². The maximum atomic E-state index is 12.0. The summed E-state index contributed by atoms with van der Waals surface area (Å²) in [5.74, 6) is 0.265. The number of carbonyl (C=O) groups is 1.